The van der Waals surface area contributed by atoms with Crippen LogP contribution >= 0.6 is 11.8 Å². The van der Waals surface area contributed by atoms with E-state index in [0.717, 1.165) is 28.0 Å². The smallest absolute Gasteiger partial charge is 0.235 e. The van der Waals surface area contributed by atoms with Crippen LogP contribution in [0.2, 0.25) is 0 Å². The monoisotopic (exact) mass is 405 g/mol. The average molecular weight is 405 g/mol. The van der Waals surface area contributed by atoms with E-state index in [1.54, 1.807) is 12.1 Å². The lowest BCUT2D eigenvalue weighted by Gasteiger charge is -2.08. The molecule has 2 aromatic carbocycles. The molecule has 1 amide bonds. The Morgan fingerprint density at radius 2 is 1.83 bits per heavy atom. The van der Waals surface area contributed by atoms with Gasteiger partial charge in [-0.1, -0.05) is 48.5 Å². The van der Waals surface area contributed by atoms with Gasteiger partial charge in [0, 0.05) is 17.5 Å². The zero-order valence-electron chi connectivity index (χ0n) is 15.9. The summed E-state index contributed by atoms with van der Waals surface area (Å²) in [6.45, 7) is 2.01. The van der Waals surface area contributed by atoms with Crippen LogP contribution in [0.3, 0.4) is 0 Å². The van der Waals surface area contributed by atoms with Crippen molar-refractivity contribution in [3.63, 3.8) is 0 Å². The van der Waals surface area contributed by atoms with Crippen LogP contribution in [-0.2, 0) is 10.5 Å². The maximum Gasteiger partial charge on any atom is 0.235 e. The number of carbonyl (C=O) groups excluding carboxylic acids is 1. The highest BCUT2D eigenvalue weighted by molar-refractivity contribution is 7.99. The van der Waals surface area contributed by atoms with Crippen LogP contribution in [0.5, 0.6) is 0 Å². The number of hydrogen-bond donors (Lipinski definition) is 1. The Kier molecular flexibility index (Phi) is 5.62. The van der Waals surface area contributed by atoms with Crippen LogP contribution in [-0.4, -0.2) is 21.0 Å². The summed E-state index contributed by atoms with van der Waals surface area (Å²) in [4.78, 5) is 17.4. The van der Waals surface area contributed by atoms with Crippen LogP contribution in [0, 0.1) is 12.7 Å². The number of fused-ring (bicyclic) bond motifs is 1. The Morgan fingerprint density at radius 1 is 1.07 bits per heavy atom. The van der Waals surface area contributed by atoms with Crippen LogP contribution in [0.15, 0.2) is 72.9 Å². The summed E-state index contributed by atoms with van der Waals surface area (Å²) in [5.41, 5.74) is 4.54. The number of nitrogens with zero attached hydrogens (tertiary/aromatic N) is 2. The summed E-state index contributed by atoms with van der Waals surface area (Å²) in [5.74, 6) is 1.25. The Bertz CT molecular complexity index is 1140. The second-order valence-electron chi connectivity index (χ2n) is 6.78. The molecule has 0 unspecified atom stereocenters. The molecule has 146 valence electrons. The zero-order valence-corrected chi connectivity index (χ0v) is 16.7. The van der Waals surface area contributed by atoms with E-state index in [9.17, 15) is 9.18 Å². The lowest BCUT2D eigenvalue weighted by Crippen LogP contribution is -2.16. The molecule has 1 N–H and O–H groups in total. The van der Waals surface area contributed by atoms with Crippen molar-refractivity contribution in [3.8, 4) is 11.3 Å². The highest BCUT2D eigenvalue weighted by atomic mass is 32.2. The number of carbonyl (C=O) groups is 1. The standard InChI is InChI=1S/C23H20FN3OS/c1-16-7-12-20-25-22(18-5-3-2-4-6-18)23(27(20)13-16)26-21(28)15-29-14-17-8-10-19(24)11-9-17/h2-13H,14-15H2,1H3,(H,26,28). The van der Waals surface area contributed by atoms with Gasteiger partial charge in [-0.15, -0.1) is 11.8 Å². The molecule has 6 heteroatoms. The minimum Gasteiger partial charge on any atom is -0.309 e. The third-order valence-electron chi connectivity index (χ3n) is 4.49. The number of halogens is 1. The van der Waals surface area contributed by atoms with Gasteiger partial charge in [0.15, 0.2) is 0 Å². The molecule has 4 nitrogen and oxygen atoms in total. The van der Waals surface area contributed by atoms with Crippen molar-refractivity contribution in [3.05, 3.63) is 89.9 Å². The number of rotatable bonds is 6. The molecule has 0 atom stereocenters. The Hall–Kier alpha value is -3.12. The first kappa shape index (κ1) is 19.2. The molecule has 0 aliphatic rings. The number of aryl methyl sites for hydroxylation is 1. The number of aromatic nitrogens is 2. The van der Waals surface area contributed by atoms with Crippen molar-refractivity contribution in [1.82, 2.24) is 9.38 Å². The molecule has 0 spiro atoms. The predicted molar refractivity (Wildman–Crippen MR) is 117 cm³/mol. The number of anilines is 1. The highest BCUT2D eigenvalue weighted by Gasteiger charge is 2.16. The molecule has 4 rings (SSSR count). The Morgan fingerprint density at radius 3 is 2.59 bits per heavy atom. The molecular weight excluding hydrogens is 385 g/mol. The Balaban J connectivity index is 1.53. The predicted octanol–water partition coefficient (Wildman–Crippen LogP) is 5.32. The number of benzene rings is 2. The highest BCUT2D eigenvalue weighted by Crippen LogP contribution is 2.29. The minimum atomic E-state index is -0.257. The van der Waals surface area contributed by atoms with Crippen molar-refractivity contribution in [2.75, 3.05) is 11.1 Å². The molecule has 0 fully saturated rings. The van der Waals surface area contributed by atoms with Crippen molar-refractivity contribution in [1.29, 1.82) is 0 Å². The van der Waals surface area contributed by atoms with Crippen molar-refractivity contribution < 1.29 is 9.18 Å². The van der Waals surface area contributed by atoms with E-state index in [1.807, 2.05) is 60.0 Å². The maximum atomic E-state index is 13.0. The summed E-state index contributed by atoms with van der Waals surface area (Å²) in [6.07, 6.45) is 1.97. The van der Waals surface area contributed by atoms with Gasteiger partial charge < -0.3 is 5.32 Å². The molecule has 0 bridgehead atoms. The number of hydrogen-bond acceptors (Lipinski definition) is 3. The summed E-state index contributed by atoms with van der Waals surface area (Å²) in [7, 11) is 0. The third kappa shape index (κ3) is 4.49. The summed E-state index contributed by atoms with van der Waals surface area (Å²) in [5, 5.41) is 3.04. The second-order valence-corrected chi connectivity index (χ2v) is 7.76. The van der Waals surface area contributed by atoms with Gasteiger partial charge in [-0.25, -0.2) is 9.37 Å². The van der Waals surface area contributed by atoms with Crippen LogP contribution in [0.1, 0.15) is 11.1 Å². The van der Waals surface area contributed by atoms with Crippen molar-refractivity contribution in [2.24, 2.45) is 0 Å². The molecule has 0 radical (unpaired) electrons. The van der Waals surface area contributed by atoms with E-state index in [4.69, 9.17) is 4.98 Å². The first-order valence-electron chi connectivity index (χ1n) is 9.26. The summed E-state index contributed by atoms with van der Waals surface area (Å²) in [6, 6.07) is 20.1. The molecule has 0 aliphatic carbocycles. The number of nitrogens with one attached hydrogen (secondary N) is 1. The van der Waals surface area contributed by atoms with E-state index in [0.29, 0.717) is 17.3 Å². The van der Waals surface area contributed by atoms with E-state index in [-0.39, 0.29) is 11.7 Å². The first-order valence-corrected chi connectivity index (χ1v) is 10.4. The van der Waals surface area contributed by atoms with Gasteiger partial charge >= 0.3 is 0 Å². The van der Waals surface area contributed by atoms with E-state index < -0.39 is 0 Å². The van der Waals surface area contributed by atoms with Gasteiger partial charge in [0.1, 0.15) is 23.0 Å². The van der Waals surface area contributed by atoms with E-state index >= 15 is 0 Å². The summed E-state index contributed by atoms with van der Waals surface area (Å²) >= 11 is 1.49. The van der Waals surface area contributed by atoms with Gasteiger partial charge in [-0.2, -0.15) is 0 Å². The maximum absolute atomic E-state index is 13.0. The number of amides is 1. The molecule has 0 aliphatic heterocycles. The fourth-order valence-corrected chi connectivity index (χ4v) is 3.87. The molecule has 29 heavy (non-hydrogen) atoms. The number of imidazole rings is 1. The normalized spacial score (nSPS) is 11.0. The van der Waals surface area contributed by atoms with Gasteiger partial charge in [-0.3, -0.25) is 9.20 Å². The molecular formula is C23H20FN3OS. The van der Waals surface area contributed by atoms with Crippen LogP contribution in [0.25, 0.3) is 16.9 Å². The first-order chi connectivity index (χ1) is 14.1. The molecule has 0 saturated carbocycles. The van der Waals surface area contributed by atoms with E-state index in [1.165, 1.54) is 23.9 Å². The number of thioether (sulfide) groups is 1. The number of pyridine rings is 1. The average Bonchev–Trinajstić information content (AvgIpc) is 3.08. The fraction of sp³-hybridized carbons (Fsp3) is 0.130. The van der Waals surface area contributed by atoms with E-state index in [2.05, 4.69) is 5.32 Å². The van der Waals surface area contributed by atoms with Gasteiger partial charge in [-0.05, 0) is 36.2 Å². The van der Waals surface area contributed by atoms with Gasteiger partial charge in [0.05, 0.1) is 5.75 Å². The summed E-state index contributed by atoms with van der Waals surface area (Å²) < 4.78 is 14.9. The quantitative estimate of drug-likeness (QED) is 0.472. The minimum absolute atomic E-state index is 0.0994. The second kappa shape index (κ2) is 8.49. The third-order valence-corrected chi connectivity index (χ3v) is 5.49. The molecule has 2 aromatic heterocycles. The fourth-order valence-electron chi connectivity index (χ4n) is 3.08. The van der Waals surface area contributed by atoms with Gasteiger partial charge in [0.2, 0.25) is 5.91 Å². The topological polar surface area (TPSA) is 46.4 Å². The Labute approximate surface area is 172 Å². The molecule has 2 heterocycles. The van der Waals surface area contributed by atoms with Crippen LogP contribution in [0.4, 0.5) is 10.2 Å². The molecule has 0 saturated heterocycles. The zero-order chi connectivity index (χ0) is 20.2. The van der Waals surface area contributed by atoms with Crippen LogP contribution < -0.4 is 5.32 Å². The van der Waals surface area contributed by atoms with Crippen molar-refractivity contribution >= 4 is 29.1 Å². The van der Waals surface area contributed by atoms with Gasteiger partial charge in [0.25, 0.3) is 0 Å². The largest absolute Gasteiger partial charge is 0.309 e. The lowest BCUT2D eigenvalue weighted by molar-refractivity contribution is -0.113. The lowest BCUT2D eigenvalue weighted by atomic mass is 10.1. The van der Waals surface area contributed by atoms with Crippen molar-refractivity contribution in [2.45, 2.75) is 12.7 Å². The molecule has 4 aromatic rings. The SMILES string of the molecule is Cc1ccc2nc(-c3ccccc3)c(NC(=O)CSCc3ccc(F)cc3)n2c1.